The Hall–Kier alpha value is -3.13. The standard InChI is InChI=1S/C27H17Cl2N/c28-24-13-12-21(15-25(24)29)23-16-26(19-7-2-1-3-8-19)30-27(17-23)22-11-10-18-6-4-5-9-20(18)14-22/h1-17H. The maximum absolute atomic E-state index is 6.30. The van der Waals surface area contributed by atoms with E-state index in [9.17, 15) is 0 Å². The van der Waals surface area contributed by atoms with Gasteiger partial charge in [-0.05, 0) is 52.2 Å². The number of hydrogen-bond acceptors (Lipinski definition) is 1. The van der Waals surface area contributed by atoms with Crippen LogP contribution in [0.5, 0.6) is 0 Å². The predicted molar refractivity (Wildman–Crippen MR) is 128 cm³/mol. The van der Waals surface area contributed by atoms with Gasteiger partial charge in [0.25, 0.3) is 0 Å². The minimum atomic E-state index is 0.541. The molecule has 0 aliphatic rings. The second-order valence-electron chi connectivity index (χ2n) is 7.18. The van der Waals surface area contributed by atoms with Crippen molar-refractivity contribution in [3.8, 4) is 33.6 Å². The number of pyridine rings is 1. The van der Waals surface area contributed by atoms with Gasteiger partial charge in [0, 0.05) is 11.1 Å². The molecule has 0 aliphatic carbocycles. The normalized spacial score (nSPS) is 11.0. The summed E-state index contributed by atoms with van der Waals surface area (Å²) in [5.74, 6) is 0. The molecule has 144 valence electrons. The molecule has 3 heteroatoms. The molecule has 0 saturated heterocycles. The Balaban J connectivity index is 1.72. The van der Waals surface area contributed by atoms with Crippen LogP contribution in [0.2, 0.25) is 10.0 Å². The van der Waals surface area contributed by atoms with Crippen molar-refractivity contribution in [1.82, 2.24) is 4.98 Å². The number of hydrogen-bond donors (Lipinski definition) is 0. The second-order valence-corrected chi connectivity index (χ2v) is 8.00. The summed E-state index contributed by atoms with van der Waals surface area (Å²) in [6, 6.07) is 34.9. The van der Waals surface area contributed by atoms with Crippen LogP contribution in [0.3, 0.4) is 0 Å². The van der Waals surface area contributed by atoms with Gasteiger partial charge < -0.3 is 0 Å². The van der Waals surface area contributed by atoms with Crippen molar-refractivity contribution in [3.63, 3.8) is 0 Å². The third-order valence-corrected chi connectivity index (χ3v) is 5.93. The van der Waals surface area contributed by atoms with Crippen molar-refractivity contribution >= 4 is 34.0 Å². The van der Waals surface area contributed by atoms with Gasteiger partial charge in [-0.15, -0.1) is 0 Å². The van der Waals surface area contributed by atoms with Crippen LogP contribution in [0, 0.1) is 0 Å². The maximum Gasteiger partial charge on any atom is 0.0715 e. The lowest BCUT2D eigenvalue weighted by Crippen LogP contribution is -1.91. The van der Waals surface area contributed by atoms with E-state index in [1.54, 1.807) is 0 Å². The van der Waals surface area contributed by atoms with Gasteiger partial charge in [0.05, 0.1) is 21.4 Å². The monoisotopic (exact) mass is 425 g/mol. The summed E-state index contributed by atoms with van der Waals surface area (Å²) in [5.41, 5.74) is 6.04. The van der Waals surface area contributed by atoms with Gasteiger partial charge in [-0.3, -0.25) is 0 Å². The third-order valence-electron chi connectivity index (χ3n) is 5.19. The fraction of sp³-hybridized carbons (Fsp3) is 0. The Morgan fingerprint density at radius 1 is 0.433 bits per heavy atom. The zero-order chi connectivity index (χ0) is 20.5. The van der Waals surface area contributed by atoms with E-state index < -0.39 is 0 Å². The van der Waals surface area contributed by atoms with Crippen molar-refractivity contribution in [1.29, 1.82) is 0 Å². The first-order valence-electron chi connectivity index (χ1n) is 9.69. The molecule has 4 aromatic carbocycles. The summed E-state index contributed by atoms with van der Waals surface area (Å²) in [7, 11) is 0. The van der Waals surface area contributed by atoms with Gasteiger partial charge in [-0.25, -0.2) is 4.98 Å². The molecule has 1 nitrogen and oxygen atoms in total. The van der Waals surface area contributed by atoms with Crippen LogP contribution in [0.4, 0.5) is 0 Å². The SMILES string of the molecule is Clc1ccc(-c2cc(-c3ccccc3)nc(-c3ccc4ccccc4c3)c2)cc1Cl. The van der Waals surface area contributed by atoms with Crippen molar-refractivity contribution in [3.05, 3.63) is 113 Å². The number of benzene rings is 4. The number of nitrogens with zero attached hydrogens (tertiary/aromatic N) is 1. The van der Waals surface area contributed by atoms with Crippen molar-refractivity contribution < 1.29 is 0 Å². The van der Waals surface area contributed by atoms with Gasteiger partial charge in [-0.1, -0.05) is 96.0 Å². The first-order chi connectivity index (χ1) is 14.7. The Morgan fingerprint density at radius 2 is 1.10 bits per heavy atom. The maximum atomic E-state index is 6.30. The van der Waals surface area contributed by atoms with E-state index in [1.165, 1.54) is 10.8 Å². The Kier molecular flexibility index (Phi) is 5.00. The Labute approximate surface area is 185 Å². The van der Waals surface area contributed by atoms with Crippen LogP contribution in [-0.2, 0) is 0 Å². The van der Waals surface area contributed by atoms with Crippen molar-refractivity contribution in [2.75, 3.05) is 0 Å². The average molecular weight is 426 g/mol. The van der Waals surface area contributed by atoms with E-state index in [0.717, 1.165) is 33.6 Å². The van der Waals surface area contributed by atoms with Gasteiger partial charge in [-0.2, -0.15) is 0 Å². The first-order valence-corrected chi connectivity index (χ1v) is 10.4. The van der Waals surface area contributed by atoms with E-state index in [0.29, 0.717) is 10.0 Å². The van der Waals surface area contributed by atoms with E-state index >= 15 is 0 Å². The second kappa shape index (κ2) is 7.95. The summed E-state index contributed by atoms with van der Waals surface area (Å²) in [6.07, 6.45) is 0. The summed E-state index contributed by atoms with van der Waals surface area (Å²) in [5, 5.41) is 3.50. The van der Waals surface area contributed by atoms with E-state index in [1.807, 2.05) is 36.4 Å². The number of aromatic nitrogens is 1. The highest BCUT2D eigenvalue weighted by Gasteiger charge is 2.10. The highest BCUT2D eigenvalue weighted by molar-refractivity contribution is 6.42. The van der Waals surface area contributed by atoms with Crippen molar-refractivity contribution in [2.45, 2.75) is 0 Å². The molecule has 5 aromatic rings. The highest BCUT2D eigenvalue weighted by atomic mass is 35.5. The lowest BCUT2D eigenvalue weighted by Gasteiger charge is -2.11. The molecule has 0 amide bonds. The molecule has 0 N–H and O–H groups in total. The molecular weight excluding hydrogens is 409 g/mol. The Bertz CT molecular complexity index is 1360. The van der Waals surface area contributed by atoms with E-state index in [4.69, 9.17) is 28.2 Å². The molecule has 0 unspecified atom stereocenters. The topological polar surface area (TPSA) is 12.9 Å². The molecule has 0 aliphatic heterocycles. The molecule has 30 heavy (non-hydrogen) atoms. The average Bonchev–Trinajstić information content (AvgIpc) is 2.81. The summed E-state index contributed by atoms with van der Waals surface area (Å²) >= 11 is 12.4. The van der Waals surface area contributed by atoms with Gasteiger partial charge in [0.1, 0.15) is 0 Å². The summed E-state index contributed by atoms with van der Waals surface area (Å²) < 4.78 is 0. The van der Waals surface area contributed by atoms with Crippen molar-refractivity contribution in [2.24, 2.45) is 0 Å². The van der Waals surface area contributed by atoms with Crippen LogP contribution in [-0.4, -0.2) is 4.98 Å². The quantitative estimate of drug-likeness (QED) is 0.282. The summed E-state index contributed by atoms with van der Waals surface area (Å²) in [6.45, 7) is 0. The van der Waals surface area contributed by atoms with E-state index in [2.05, 4.69) is 66.7 Å². The zero-order valence-corrected chi connectivity index (χ0v) is 17.5. The van der Waals surface area contributed by atoms with Crippen LogP contribution in [0.15, 0.2) is 103 Å². The fourth-order valence-electron chi connectivity index (χ4n) is 3.63. The predicted octanol–water partition coefficient (Wildman–Crippen LogP) is 8.54. The molecule has 1 heterocycles. The minimum absolute atomic E-state index is 0.541. The van der Waals surface area contributed by atoms with Gasteiger partial charge >= 0.3 is 0 Å². The molecule has 0 spiro atoms. The lowest BCUT2D eigenvalue weighted by atomic mass is 9.99. The van der Waals surface area contributed by atoms with Gasteiger partial charge in [0.15, 0.2) is 0 Å². The molecule has 1 aromatic heterocycles. The van der Waals surface area contributed by atoms with Crippen LogP contribution in [0.25, 0.3) is 44.4 Å². The fourth-order valence-corrected chi connectivity index (χ4v) is 3.92. The molecule has 0 fully saturated rings. The highest BCUT2D eigenvalue weighted by Crippen LogP contribution is 2.34. The van der Waals surface area contributed by atoms with Gasteiger partial charge in [0.2, 0.25) is 0 Å². The number of halogens is 2. The molecule has 0 radical (unpaired) electrons. The zero-order valence-electron chi connectivity index (χ0n) is 16.0. The minimum Gasteiger partial charge on any atom is -0.248 e. The lowest BCUT2D eigenvalue weighted by molar-refractivity contribution is 1.32. The van der Waals surface area contributed by atoms with Crippen LogP contribution < -0.4 is 0 Å². The molecule has 5 rings (SSSR count). The molecular formula is C27H17Cl2N. The Morgan fingerprint density at radius 3 is 1.87 bits per heavy atom. The third kappa shape index (κ3) is 3.70. The van der Waals surface area contributed by atoms with E-state index in [-0.39, 0.29) is 0 Å². The largest absolute Gasteiger partial charge is 0.248 e. The molecule has 0 bridgehead atoms. The van der Waals surface area contributed by atoms with Crippen LogP contribution >= 0.6 is 23.2 Å². The molecule has 0 atom stereocenters. The number of rotatable bonds is 3. The molecule has 0 saturated carbocycles. The smallest absolute Gasteiger partial charge is 0.0715 e. The number of fused-ring (bicyclic) bond motifs is 1. The summed E-state index contributed by atoms with van der Waals surface area (Å²) in [4.78, 5) is 4.99. The first kappa shape index (κ1) is 18.9. The van der Waals surface area contributed by atoms with Crippen LogP contribution in [0.1, 0.15) is 0 Å².